The van der Waals surface area contributed by atoms with Crippen LogP contribution in [0.4, 0.5) is 0 Å². The number of rotatable bonds is 6. The van der Waals surface area contributed by atoms with Gasteiger partial charge in [-0.1, -0.05) is 42.8 Å². The molecular weight excluding hydrogens is 278 g/mol. The Bertz CT molecular complexity index is 354. The van der Waals surface area contributed by atoms with Gasteiger partial charge in [0, 0.05) is 10.0 Å². The van der Waals surface area contributed by atoms with E-state index in [2.05, 4.69) is 36.7 Å². The summed E-state index contributed by atoms with van der Waals surface area (Å²) in [5, 5.41) is 0. The molecule has 0 bridgehead atoms. The monoisotopic (exact) mass is 299 g/mol. The molecule has 1 atom stereocenters. The zero-order chi connectivity index (χ0) is 12.9. The van der Waals surface area contributed by atoms with Crippen LogP contribution in [0.5, 0.6) is 5.75 Å². The van der Waals surface area contributed by atoms with E-state index in [-0.39, 0.29) is 5.54 Å². The Morgan fingerprint density at radius 3 is 2.65 bits per heavy atom. The largest absolute Gasteiger partial charge is 0.493 e. The first kappa shape index (κ1) is 14.5. The molecule has 0 heterocycles. The molecule has 0 amide bonds. The molecule has 17 heavy (non-hydrogen) atoms. The maximum absolute atomic E-state index is 6.34. The molecule has 0 saturated heterocycles. The van der Waals surface area contributed by atoms with E-state index in [1.807, 2.05) is 24.3 Å². The molecule has 0 fully saturated rings. The molecule has 0 aliphatic carbocycles. The first-order valence-electron chi connectivity index (χ1n) is 6.15. The van der Waals surface area contributed by atoms with Gasteiger partial charge in [0.2, 0.25) is 0 Å². The molecule has 0 saturated carbocycles. The summed E-state index contributed by atoms with van der Waals surface area (Å²) in [6.45, 7) is 7.14. The van der Waals surface area contributed by atoms with Gasteiger partial charge in [0.05, 0.1) is 6.61 Å². The quantitative estimate of drug-likeness (QED) is 0.862. The van der Waals surface area contributed by atoms with Crippen molar-refractivity contribution in [1.29, 1.82) is 0 Å². The van der Waals surface area contributed by atoms with Crippen LogP contribution in [0.25, 0.3) is 0 Å². The van der Waals surface area contributed by atoms with Crippen LogP contribution in [-0.4, -0.2) is 12.1 Å². The van der Waals surface area contributed by atoms with Crippen molar-refractivity contribution >= 4 is 15.9 Å². The summed E-state index contributed by atoms with van der Waals surface area (Å²) in [7, 11) is 0. The summed E-state index contributed by atoms with van der Waals surface area (Å²) in [4.78, 5) is 0. The van der Waals surface area contributed by atoms with Crippen molar-refractivity contribution in [3.05, 3.63) is 28.7 Å². The average Bonchev–Trinajstić information content (AvgIpc) is 2.28. The summed E-state index contributed by atoms with van der Waals surface area (Å²) in [6.07, 6.45) is 1.86. The number of ether oxygens (including phenoxy) is 1. The van der Waals surface area contributed by atoms with E-state index < -0.39 is 0 Å². The van der Waals surface area contributed by atoms with Gasteiger partial charge >= 0.3 is 0 Å². The fourth-order valence-corrected chi connectivity index (χ4v) is 2.17. The van der Waals surface area contributed by atoms with Gasteiger partial charge in [0.1, 0.15) is 5.75 Å². The SMILES string of the molecule is CCC(N)(CCOc1cccc(Br)c1)C(C)C. The second-order valence-electron chi connectivity index (χ2n) is 4.80. The van der Waals surface area contributed by atoms with Gasteiger partial charge in [0.25, 0.3) is 0 Å². The highest BCUT2D eigenvalue weighted by Crippen LogP contribution is 2.23. The van der Waals surface area contributed by atoms with Crippen molar-refractivity contribution in [2.75, 3.05) is 6.61 Å². The summed E-state index contributed by atoms with van der Waals surface area (Å²) < 4.78 is 6.76. The van der Waals surface area contributed by atoms with Crippen molar-refractivity contribution in [2.45, 2.75) is 39.2 Å². The molecule has 1 aromatic carbocycles. The molecule has 0 spiro atoms. The predicted octanol–water partition coefficient (Wildman–Crippen LogP) is 3.98. The van der Waals surface area contributed by atoms with E-state index in [1.54, 1.807) is 0 Å². The molecule has 0 aliphatic rings. The highest BCUT2D eigenvalue weighted by atomic mass is 79.9. The van der Waals surface area contributed by atoms with Gasteiger partial charge in [-0.15, -0.1) is 0 Å². The Kier molecular flexibility index (Phi) is 5.47. The fraction of sp³-hybridized carbons (Fsp3) is 0.571. The van der Waals surface area contributed by atoms with Crippen LogP contribution in [0.2, 0.25) is 0 Å². The number of benzene rings is 1. The smallest absolute Gasteiger partial charge is 0.120 e. The summed E-state index contributed by atoms with van der Waals surface area (Å²) in [5.74, 6) is 1.36. The van der Waals surface area contributed by atoms with E-state index in [0.717, 1.165) is 23.1 Å². The van der Waals surface area contributed by atoms with Crippen molar-refractivity contribution < 1.29 is 4.74 Å². The summed E-state index contributed by atoms with van der Waals surface area (Å²) in [6, 6.07) is 7.89. The molecule has 0 aliphatic heterocycles. The van der Waals surface area contributed by atoms with Crippen LogP contribution in [0.3, 0.4) is 0 Å². The second-order valence-corrected chi connectivity index (χ2v) is 5.71. The average molecular weight is 300 g/mol. The van der Waals surface area contributed by atoms with E-state index in [4.69, 9.17) is 10.5 Å². The van der Waals surface area contributed by atoms with Gasteiger partial charge in [-0.05, 0) is 37.0 Å². The molecule has 96 valence electrons. The van der Waals surface area contributed by atoms with E-state index in [9.17, 15) is 0 Å². The fourth-order valence-electron chi connectivity index (χ4n) is 1.79. The highest BCUT2D eigenvalue weighted by Gasteiger charge is 2.26. The van der Waals surface area contributed by atoms with Gasteiger partial charge < -0.3 is 10.5 Å². The van der Waals surface area contributed by atoms with Crippen LogP contribution in [0.15, 0.2) is 28.7 Å². The summed E-state index contributed by atoms with van der Waals surface area (Å²) in [5.41, 5.74) is 6.23. The molecular formula is C14H22BrNO. The molecule has 1 unspecified atom stereocenters. The van der Waals surface area contributed by atoms with Gasteiger partial charge in [-0.3, -0.25) is 0 Å². The summed E-state index contributed by atoms with van der Waals surface area (Å²) >= 11 is 3.43. The molecule has 3 heteroatoms. The minimum atomic E-state index is -0.119. The topological polar surface area (TPSA) is 35.2 Å². The van der Waals surface area contributed by atoms with Gasteiger partial charge in [-0.25, -0.2) is 0 Å². The van der Waals surface area contributed by atoms with Crippen molar-refractivity contribution in [3.8, 4) is 5.75 Å². The normalized spacial score (nSPS) is 14.7. The second kappa shape index (κ2) is 6.41. The number of hydrogen-bond donors (Lipinski definition) is 1. The third kappa shape index (κ3) is 4.32. The zero-order valence-corrected chi connectivity index (χ0v) is 12.5. The van der Waals surface area contributed by atoms with E-state index in [1.165, 1.54) is 0 Å². The Balaban J connectivity index is 2.47. The lowest BCUT2D eigenvalue weighted by Gasteiger charge is -2.32. The Morgan fingerprint density at radius 2 is 2.12 bits per heavy atom. The molecule has 1 aromatic rings. The minimum Gasteiger partial charge on any atom is -0.493 e. The standard InChI is InChI=1S/C14H22BrNO/c1-4-14(16,11(2)3)8-9-17-13-7-5-6-12(15)10-13/h5-7,10-11H,4,8-9,16H2,1-3H3. The first-order chi connectivity index (χ1) is 7.98. The van der Waals surface area contributed by atoms with Crippen LogP contribution in [0, 0.1) is 5.92 Å². The lowest BCUT2D eigenvalue weighted by Crippen LogP contribution is -2.45. The Labute approximate surface area is 113 Å². The van der Waals surface area contributed by atoms with Gasteiger partial charge in [0.15, 0.2) is 0 Å². The molecule has 2 nitrogen and oxygen atoms in total. The molecule has 1 rings (SSSR count). The van der Waals surface area contributed by atoms with Crippen LogP contribution >= 0.6 is 15.9 Å². The third-order valence-corrected chi connectivity index (χ3v) is 3.93. The predicted molar refractivity (Wildman–Crippen MR) is 76.3 cm³/mol. The van der Waals surface area contributed by atoms with Crippen molar-refractivity contribution in [3.63, 3.8) is 0 Å². The molecule has 0 radical (unpaired) electrons. The van der Waals surface area contributed by atoms with Crippen LogP contribution in [0.1, 0.15) is 33.6 Å². The number of hydrogen-bond acceptors (Lipinski definition) is 2. The van der Waals surface area contributed by atoms with Crippen LogP contribution in [-0.2, 0) is 0 Å². The highest BCUT2D eigenvalue weighted by molar-refractivity contribution is 9.10. The van der Waals surface area contributed by atoms with E-state index in [0.29, 0.717) is 12.5 Å². The first-order valence-corrected chi connectivity index (χ1v) is 6.94. The molecule has 0 aromatic heterocycles. The van der Waals surface area contributed by atoms with E-state index >= 15 is 0 Å². The Hall–Kier alpha value is -0.540. The Morgan fingerprint density at radius 1 is 1.41 bits per heavy atom. The molecule has 2 N–H and O–H groups in total. The van der Waals surface area contributed by atoms with Crippen LogP contribution < -0.4 is 10.5 Å². The van der Waals surface area contributed by atoms with Gasteiger partial charge in [-0.2, -0.15) is 0 Å². The number of nitrogens with two attached hydrogens (primary N) is 1. The van der Waals surface area contributed by atoms with Crippen molar-refractivity contribution in [2.24, 2.45) is 11.7 Å². The van der Waals surface area contributed by atoms with Crippen molar-refractivity contribution in [1.82, 2.24) is 0 Å². The lowest BCUT2D eigenvalue weighted by atomic mass is 9.82. The maximum atomic E-state index is 6.34. The zero-order valence-electron chi connectivity index (χ0n) is 10.9. The minimum absolute atomic E-state index is 0.119. The maximum Gasteiger partial charge on any atom is 0.120 e. The third-order valence-electron chi connectivity index (χ3n) is 3.44. The number of halogens is 1. The lowest BCUT2D eigenvalue weighted by molar-refractivity contribution is 0.210.